The Labute approximate surface area is 134 Å². The Balaban J connectivity index is 1.56. The van der Waals surface area contributed by atoms with Crippen LogP contribution in [-0.2, 0) is 11.2 Å². The van der Waals surface area contributed by atoms with Crippen LogP contribution in [0.5, 0.6) is 0 Å². The first-order valence-corrected chi connectivity index (χ1v) is 8.15. The fourth-order valence-electron chi connectivity index (χ4n) is 4.07. The van der Waals surface area contributed by atoms with Crippen LogP contribution in [0.1, 0.15) is 42.5 Å². The lowest BCUT2D eigenvalue weighted by Crippen LogP contribution is -2.36. The van der Waals surface area contributed by atoms with Crippen molar-refractivity contribution in [3.63, 3.8) is 0 Å². The summed E-state index contributed by atoms with van der Waals surface area (Å²) in [4.78, 5) is 11.4. The Hall–Kier alpha value is -2.21. The van der Waals surface area contributed by atoms with E-state index in [4.69, 9.17) is 0 Å². The summed E-state index contributed by atoms with van der Waals surface area (Å²) in [6.45, 7) is 0. The van der Waals surface area contributed by atoms with Gasteiger partial charge in [-0.1, -0.05) is 29.5 Å². The largest absolute Gasteiger partial charge is 0.481 e. The van der Waals surface area contributed by atoms with Gasteiger partial charge in [0.2, 0.25) is 0 Å². The number of carbonyl (C=O) groups is 1. The molecule has 0 amide bonds. The standard InChI is InChI=1S/C17H20N4O2/c22-17(23)12-9-15(16(10-12)21-8-7-18-20-21)19-14-6-5-11-3-1-2-4-13(11)14/h1-4,7-8,12,14-16,19H,5-6,9-10H2,(H,22,23)/t12?,14?,15-,16+/m1/s1. The second-order valence-electron chi connectivity index (χ2n) is 6.52. The van der Waals surface area contributed by atoms with E-state index in [9.17, 15) is 9.90 Å². The molecule has 6 nitrogen and oxygen atoms in total. The lowest BCUT2D eigenvalue weighted by Gasteiger charge is -2.25. The lowest BCUT2D eigenvalue weighted by atomic mass is 10.1. The number of carboxylic acid groups (broad SMARTS) is 1. The molecule has 1 saturated carbocycles. The van der Waals surface area contributed by atoms with Crippen LogP contribution >= 0.6 is 0 Å². The van der Waals surface area contributed by atoms with Gasteiger partial charge in [-0.15, -0.1) is 5.10 Å². The van der Waals surface area contributed by atoms with Crippen LogP contribution < -0.4 is 5.32 Å². The van der Waals surface area contributed by atoms with E-state index >= 15 is 0 Å². The third-order valence-corrected chi connectivity index (χ3v) is 5.21. The van der Waals surface area contributed by atoms with Crippen molar-refractivity contribution in [2.75, 3.05) is 0 Å². The molecule has 2 aliphatic carbocycles. The van der Waals surface area contributed by atoms with Crippen LogP contribution in [0, 0.1) is 5.92 Å². The highest BCUT2D eigenvalue weighted by Gasteiger charge is 2.41. The van der Waals surface area contributed by atoms with Crippen molar-refractivity contribution >= 4 is 5.97 Å². The molecule has 2 aromatic rings. The van der Waals surface area contributed by atoms with Gasteiger partial charge < -0.3 is 10.4 Å². The zero-order chi connectivity index (χ0) is 15.8. The lowest BCUT2D eigenvalue weighted by molar-refractivity contribution is -0.141. The summed E-state index contributed by atoms with van der Waals surface area (Å²) in [5, 5.41) is 21.1. The van der Waals surface area contributed by atoms with E-state index in [1.54, 1.807) is 6.20 Å². The van der Waals surface area contributed by atoms with Crippen molar-refractivity contribution in [1.29, 1.82) is 0 Å². The number of fused-ring (bicyclic) bond motifs is 1. The smallest absolute Gasteiger partial charge is 0.306 e. The average Bonchev–Trinajstić information content (AvgIpc) is 3.26. The van der Waals surface area contributed by atoms with Gasteiger partial charge in [-0.3, -0.25) is 4.79 Å². The fourth-order valence-corrected chi connectivity index (χ4v) is 4.07. The van der Waals surface area contributed by atoms with Crippen LogP contribution in [-0.4, -0.2) is 32.1 Å². The fraction of sp³-hybridized carbons (Fsp3) is 0.471. The number of aliphatic carboxylic acids is 1. The predicted octanol–water partition coefficient (Wildman–Crippen LogP) is 1.96. The quantitative estimate of drug-likeness (QED) is 0.902. The van der Waals surface area contributed by atoms with E-state index in [2.05, 4.69) is 39.9 Å². The molecule has 2 aliphatic rings. The molecule has 0 aliphatic heterocycles. The molecular weight excluding hydrogens is 292 g/mol. The van der Waals surface area contributed by atoms with E-state index in [0.717, 1.165) is 12.8 Å². The minimum Gasteiger partial charge on any atom is -0.481 e. The van der Waals surface area contributed by atoms with Gasteiger partial charge in [-0.25, -0.2) is 4.68 Å². The van der Waals surface area contributed by atoms with Gasteiger partial charge >= 0.3 is 5.97 Å². The van der Waals surface area contributed by atoms with Crippen molar-refractivity contribution in [3.8, 4) is 0 Å². The third kappa shape index (κ3) is 2.63. The van der Waals surface area contributed by atoms with E-state index in [-0.39, 0.29) is 18.0 Å². The van der Waals surface area contributed by atoms with Crippen LogP contribution in [0.4, 0.5) is 0 Å². The summed E-state index contributed by atoms with van der Waals surface area (Å²) < 4.78 is 1.81. The molecule has 1 fully saturated rings. The van der Waals surface area contributed by atoms with E-state index in [1.165, 1.54) is 11.1 Å². The second-order valence-corrected chi connectivity index (χ2v) is 6.52. The highest BCUT2D eigenvalue weighted by atomic mass is 16.4. The van der Waals surface area contributed by atoms with Crippen molar-refractivity contribution in [2.24, 2.45) is 5.92 Å². The van der Waals surface area contributed by atoms with Crippen LogP contribution in [0.3, 0.4) is 0 Å². The van der Waals surface area contributed by atoms with E-state index < -0.39 is 5.97 Å². The molecular formula is C17H20N4O2. The SMILES string of the molecule is O=C(O)C1C[C@@H](NC2CCc3ccccc32)[C@@H](n2ccnn2)C1. The molecule has 2 unspecified atom stereocenters. The summed E-state index contributed by atoms with van der Waals surface area (Å²) in [7, 11) is 0. The summed E-state index contributed by atoms with van der Waals surface area (Å²) in [5.74, 6) is -1.04. The van der Waals surface area contributed by atoms with Crippen molar-refractivity contribution in [1.82, 2.24) is 20.3 Å². The zero-order valence-corrected chi connectivity index (χ0v) is 12.8. The number of hydrogen-bond acceptors (Lipinski definition) is 4. The van der Waals surface area contributed by atoms with Gasteiger partial charge in [0.1, 0.15) is 0 Å². The maximum atomic E-state index is 11.4. The maximum Gasteiger partial charge on any atom is 0.306 e. The summed E-state index contributed by atoms with van der Waals surface area (Å²) >= 11 is 0. The monoisotopic (exact) mass is 312 g/mol. The van der Waals surface area contributed by atoms with Gasteiger partial charge in [0.25, 0.3) is 0 Å². The molecule has 0 saturated heterocycles. The number of aromatic nitrogens is 3. The predicted molar refractivity (Wildman–Crippen MR) is 83.8 cm³/mol. The number of nitrogens with zero attached hydrogens (tertiary/aromatic N) is 3. The van der Waals surface area contributed by atoms with Crippen LogP contribution in [0.15, 0.2) is 36.7 Å². The Kier molecular flexibility index (Phi) is 3.61. The Morgan fingerprint density at radius 3 is 2.96 bits per heavy atom. The average molecular weight is 312 g/mol. The molecule has 23 heavy (non-hydrogen) atoms. The Morgan fingerprint density at radius 2 is 2.17 bits per heavy atom. The molecule has 120 valence electrons. The number of rotatable bonds is 4. The highest BCUT2D eigenvalue weighted by Crippen LogP contribution is 2.38. The van der Waals surface area contributed by atoms with Gasteiger partial charge in [-0.05, 0) is 36.8 Å². The van der Waals surface area contributed by atoms with Gasteiger partial charge in [0, 0.05) is 18.3 Å². The summed E-state index contributed by atoms with van der Waals surface area (Å²) in [5.41, 5.74) is 2.75. The number of benzene rings is 1. The minimum atomic E-state index is -0.716. The number of hydrogen-bond donors (Lipinski definition) is 2. The number of carboxylic acids is 1. The minimum absolute atomic E-state index is 0.0476. The molecule has 4 rings (SSSR count). The highest BCUT2D eigenvalue weighted by molar-refractivity contribution is 5.70. The van der Waals surface area contributed by atoms with E-state index in [1.807, 2.05) is 10.9 Å². The normalized spacial score (nSPS) is 29.6. The molecule has 1 aromatic heterocycles. The molecule has 4 atom stereocenters. The van der Waals surface area contributed by atoms with Gasteiger partial charge in [-0.2, -0.15) is 0 Å². The number of aryl methyl sites for hydroxylation is 1. The number of nitrogens with one attached hydrogen (secondary N) is 1. The molecule has 1 aromatic carbocycles. The molecule has 1 heterocycles. The molecule has 0 spiro atoms. The molecule has 2 N–H and O–H groups in total. The van der Waals surface area contributed by atoms with Crippen molar-refractivity contribution in [2.45, 2.75) is 43.8 Å². The maximum absolute atomic E-state index is 11.4. The molecule has 0 bridgehead atoms. The van der Waals surface area contributed by atoms with Crippen molar-refractivity contribution < 1.29 is 9.90 Å². The third-order valence-electron chi connectivity index (χ3n) is 5.21. The first-order chi connectivity index (χ1) is 11.2. The first kappa shape index (κ1) is 14.4. The Morgan fingerprint density at radius 1 is 1.30 bits per heavy atom. The summed E-state index contributed by atoms with van der Waals surface area (Å²) in [6.07, 6.45) is 6.86. The van der Waals surface area contributed by atoms with Crippen molar-refractivity contribution in [3.05, 3.63) is 47.8 Å². The molecule has 6 heteroatoms. The van der Waals surface area contributed by atoms with Gasteiger partial charge in [0.05, 0.1) is 18.2 Å². The Bertz CT molecular complexity index is 700. The topological polar surface area (TPSA) is 80.0 Å². The van der Waals surface area contributed by atoms with Crippen LogP contribution in [0.25, 0.3) is 0 Å². The molecule has 0 radical (unpaired) electrons. The second kappa shape index (κ2) is 5.77. The zero-order valence-electron chi connectivity index (χ0n) is 12.8. The van der Waals surface area contributed by atoms with E-state index in [0.29, 0.717) is 18.9 Å². The van der Waals surface area contributed by atoms with Gasteiger partial charge in [0.15, 0.2) is 0 Å². The summed E-state index contributed by atoms with van der Waals surface area (Å²) in [6, 6.07) is 8.96. The first-order valence-electron chi connectivity index (χ1n) is 8.15. The van der Waals surface area contributed by atoms with Crippen LogP contribution in [0.2, 0.25) is 0 Å².